The fourth-order valence-corrected chi connectivity index (χ4v) is 4.01. The summed E-state index contributed by atoms with van der Waals surface area (Å²) in [6.07, 6.45) is -0.854. The molecule has 2 fully saturated rings. The third-order valence-corrected chi connectivity index (χ3v) is 5.71. The summed E-state index contributed by atoms with van der Waals surface area (Å²) < 4.78 is 45.3. The van der Waals surface area contributed by atoms with Crippen molar-refractivity contribution < 1.29 is 27.8 Å². The zero-order chi connectivity index (χ0) is 23.3. The van der Waals surface area contributed by atoms with E-state index in [1.54, 1.807) is 4.90 Å². The van der Waals surface area contributed by atoms with Crippen molar-refractivity contribution in [1.82, 2.24) is 4.98 Å². The average Bonchev–Trinajstić information content (AvgIpc) is 3.57. The van der Waals surface area contributed by atoms with E-state index < -0.39 is 17.7 Å². The molecule has 8 heteroatoms. The Morgan fingerprint density at radius 3 is 2.56 bits per heavy atom. The van der Waals surface area contributed by atoms with Crippen molar-refractivity contribution in [2.24, 2.45) is 11.8 Å². The molecule has 1 saturated carbocycles. The Labute approximate surface area is 186 Å². The van der Waals surface area contributed by atoms with Crippen LogP contribution in [0.2, 0.25) is 0 Å². The topological polar surface area (TPSA) is 62.7 Å². The molecule has 1 aliphatic heterocycles. The molecular formula is C24H29F3N2O3. The molecule has 2 aliphatic rings. The molecule has 2 aromatic rings. The minimum Gasteiger partial charge on any atom is -0.493 e. The van der Waals surface area contributed by atoms with Gasteiger partial charge in [-0.2, -0.15) is 13.2 Å². The number of carboxylic acids is 1. The number of rotatable bonds is 8. The Kier molecular flexibility index (Phi) is 7.64. The predicted molar refractivity (Wildman–Crippen MR) is 116 cm³/mol. The van der Waals surface area contributed by atoms with E-state index in [0.29, 0.717) is 31.4 Å². The normalized spacial score (nSPS) is 17.1. The predicted octanol–water partition coefficient (Wildman–Crippen LogP) is 5.61. The van der Waals surface area contributed by atoms with Gasteiger partial charge >= 0.3 is 12.1 Å². The summed E-state index contributed by atoms with van der Waals surface area (Å²) in [7, 11) is 0. The fourth-order valence-electron chi connectivity index (χ4n) is 4.01. The first-order valence-corrected chi connectivity index (χ1v) is 11.0. The number of carboxylic acid groups (broad SMARTS) is 1. The molecule has 174 valence electrons. The highest BCUT2D eigenvalue weighted by atomic mass is 19.4. The Morgan fingerprint density at radius 1 is 1.22 bits per heavy atom. The first-order chi connectivity index (χ1) is 15.3. The maximum absolute atomic E-state index is 13.2. The van der Waals surface area contributed by atoms with Crippen molar-refractivity contribution in [3.05, 3.63) is 53.7 Å². The van der Waals surface area contributed by atoms with Gasteiger partial charge in [0.2, 0.25) is 0 Å². The summed E-state index contributed by atoms with van der Waals surface area (Å²) in [5.74, 6) is 0.337. The highest BCUT2D eigenvalue weighted by Crippen LogP contribution is 2.45. The average molecular weight is 451 g/mol. The van der Waals surface area contributed by atoms with Crippen LogP contribution in [-0.2, 0) is 11.0 Å². The summed E-state index contributed by atoms with van der Waals surface area (Å²) >= 11 is 0. The number of ether oxygens (including phenoxy) is 1. The van der Waals surface area contributed by atoms with Crippen LogP contribution in [0.3, 0.4) is 0 Å². The summed E-state index contributed by atoms with van der Waals surface area (Å²) in [6.45, 7) is 5.29. The Balaban J connectivity index is 0.00000141. The van der Waals surface area contributed by atoms with Crippen LogP contribution in [0.4, 0.5) is 19.0 Å². The van der Waals surface area contributed by atoms with Gasteiger partial charge in [-0.1, -0.05) is 26.0 Å². The van der Waals surface area contributed by atoms with E-state index in [2.05, 4.69) is 4.98 Å². The van der Waals surface area contributed by atoms with E-state index in [0.717, 1.165) is 24.5 Å². The number of pyridine rings is 1. The Bertz CT molecular complexity index is 909. The zero-order valence-electron chi connectivity index (χ0n) is 18.3. The molecule has 1 N–H and O–H groups in total. The van der Waals surface area contributed by atoms with Gasteiger partial charge in [0.1, 0.15) is 11.6 Å². The number of halogens is 3. The lowest BCUT2D eigenvalue weighted by Gasteiger charge is -2.40. The second-order valence-corrected chi connectivity index (χ2v) is 8.07. The first kappa shape index (κ1) is 23.9. The van der Waals surface area contributed by atoms with Crippen LogP contribution in [0.25, 0.3) is 0 Å². The van der Waals surface area contributed by atoms with Gasteiger partial charge in [-0.25, -0.2) is 4.98 Å². The van der Waals surface area contributed by atoms with E-state index in [1.165, 1.54) is 12.3 Å². The number of anilines is 1. The maximum Gasteiger partial charge on any atom is 0.419 e. The number of hydrogen-bond acceptors (Lipinski definition) is 4. The van der Waals surface area contributed by atoms with Crippen LogP contribution in [0, 0.1) is 11.8 Å². The fraction of sp³-hybridized carbons (Fsp3) is 0.500. The van der Waals surface area contributed by atoms with Crippen molar-refractivity contribution in [1.29, 1.82) is 0 Å². The molecule has 1 aromatic carbocycles. The van der Waals surface area contributed by atoms with E-state index >= 15 is 0 Å². The van der Waals surface area contributed by atoms with Crippen molar-refractivity contribution >= 4 is 11.8 Å². The van der Waals surface area contributed by atoms with Crippen LogP contribution >= 0.6 is 0 Å². The van der Waals surface area contributed by atoms with Crippen molar-refractivity contribution in [3.8, 4) is 5.75 Å². The molecular weight excluding hydrogens is 421 g/mol. The van der Waals surface area contributed by atoms with Gasteiger partial charge < -0.3 is 14.7 Å². The van der Waals surface area contributed by atoms with Gasteiger partial charge in [0.25, 0.3) is 0 Å². The van der Waals surface area contributed by atoms with Gasteiger partial charge in [-0.05, 0) is 54.5 Å². The first-order valence-electron chi connectivity index (χ1n) is 11.0. The molecule has 32 heavy (non-hydrogen) atoms. The summed E-state index contributed by atoms with van der Waals surface area (Å²) in [6, 6.07) is 9.85. The third kappa shape index (κ3) is 5.93. The van der Waals surface area contributed by atoms with Crippen LogP contribution in [-0.4, -0.2) is 35.8 Å². The van der Waals surface area contributed by atoms with Crippen LogP contribution < -0.4 is 9.64 Å². The molecule has 4 rings (SSSR count). The largest absolute Gasteiger partial charge is 0.493 e. The van der Waals surface area contributed by atoms with Gasteiger partial charge in [0, 0.05) is 25.2 Å². The summed E-state index contributed by atoms with van der Waals surface area (Å²) in [5, 5.41) is 9.18. The SMILES string of the molecule is CC.O=C(O)CC(c1cccc(OCC2CN(c3ncccc3C(F)(F)F)C2)c1)C1CC1. The van der Waals surface area contributed by atoms with Crippen LogP contribution in [0.5, 0.6) is 5.75 Å². The molecule has 1 atom stereocenters. The Morgan fingerprint density at radius 2 is 1.94 bits per heavy atom. The lowest BCUT2D eigenvalue weighted by molar-refractivity contribution is -0.138. The van der Waals surface area contributed by atoms with E-state index in [1.807, 2.05) is 38.1 Å². The van der Waals surface area contributed by atoms with Gasteiger partial charge in [0.15, 0.2) is 0 Å². The molecule has 2 heterocycles. The third-order valence-electron chi connectivity index (χ3n) is 5.71. The molecule has 1 unspecified atom stereocenters. The standard InChI is InChI=1S/C22H23F3N2O3.C2H6/c23-22(24,25)19-5-2-8-26-21(19)27-11-14(12-27)13-30-17-4-1-3-16(9-17)18(10-20(28)29)15-6-7-15;1-2/h1-5,8-9,14-15,18H,6-7,10-13H2,(H,28,29);1-2H3. The van der Waals surface area contributed by atoms with E-state index in [4.69, 9.17) is 4.74 Å². The number of carbonyl (C=O) groups is 1. The molecule has 5 nitrogen and oxygen atoms in total. The molecule has 1 aliphatic carbocycles. The molecule has 0 radical (unpaired) electrons. The van der Waals surface area contributed by atoms with Gasteiger partial charge in [-0.15, -0.1) is 0 Å². The number of alkyl halides is 3. The second-order valence-electron chi connectivity index (χ2n) is 8.07. The number of aliphatic carboxylic acids is 1. The minimum atomic E-state index is -4.43. The molecule has 0 amide bonds. The number of aromatic nitrogens is 1. The second kappa shape index (κ2) is 10.2. The highest BCUT2D eigenvalue weighted by molar-refractivity contribution is 5.68. The van der Waals surface area contributed by atoms with Crippen molar-refractivity contribution in [2.45, 2.75) is 45.2 Å². The summed E-state index contributed by atoms with van der Waals surface area (Å²) in [5.41, 5.74) is 0.248. The number of hydrogen-bond donors (Lipinski definition) is 1. The zero-order valence-corrected chi connectivity index (χ0v) is 18.3. The lowest BCUT2D eigenvalue weighted by atomic mass is 9.91. The molecule has 1 aromatic heterocycles. The minimum absolute atomic E-state index is 0.00445. The number of benzene rings is 1. The summed E-state index contributed by atoms with van der Waals surface area (Å²) in [4.78, 5) is 16.7. The van der Waals surface area contributed by atoms with E-state index in [9.17, 15) is 23.1 Å². The molecule has 0 spiro atoms. The number of nitrogens with zero attached hydrogens (tertiary/aromatic N) is 2. The van der Waals surface area contributed by atoms with Crippen molar-refractivity contribution in [3.63, 3.8) is 0 Å². The van der Waals surface area contributed by atoms with Crippen LogP contribution in [0.15, 0.2) is 42.6 Å². The van der Waals surface area contributed by atoms with Gasteiger partial charge in [0.05, 0.1) is 18.6 Å². The van der Waals surface area contributed by atoms with Crippen molar-refractivity contribution in [2.75, 3.05) is 24.6 Å². The van der Waals surface area contributed by atoms with E-state index in [-0.39, 0.29) is 24.1 Å². The van der Waals surface area contributed by atoms with Crippen LogP contribution in [0.1, 0.15) is 50.2 Å². The molecule has 1 saturated heterocycles. The molecule has 0 bridgehead atoms. The lowest BCUT2D eigenvalue weighted by Crippen LogP contribution is -2.50. The maximum atomic E-state index is 13.2. The Hall–Kier alpha value is -2.77. The smallest absolute Gasteiger partial charge is 0.419 e. The highest BCUT2D eigenvalue weighted by Gasteiger charge is 2.39. The quantitative estimate of drug-likeness (QED) is 0.566. The monoisotopic (exact) mass is 450 g/mol. The van der Waals surface area contributed by atoms with Gasteiger partial charge in [-0.3, -0.25) is 4.79 Å².